The van der Waals surface area contributed by atoms with E-state index >= 15 is 0 Å². The summed E-state index contributed by atoms with van der Waals surface area (Å²) in [6.07, 6.45) is 1.02. The average Bonchev–Trinajstić information content (AvgIpc) is 2.97. The normalized spacial score (nSPS) is 12.7. The van der Waals surface area contributed by atoms with E-state index in [4.69, 9.17) is 5.73 Å². The van der Waals surface area contributed by atoms with Gasteiger partial charge in [-0.15, -0.1) is 11.3 Å². The second-order valence-electron chi connectivity index (χ2n) is 4.58. The van der Waals surface area contributed by atoms with Gasteiger partial charge < -0.3 is 11.1 Å². The lowest BCUT2D eigenvalue weighted by Crippen LogP contribution is -2.17. The quantitative estimate of drug-likeness (QED) is 0.714. The number of aromatic nitrogens is 1. The standard InChI is InChI=1S/C14H15N3S2/c1-9(7-11-3-2-6-18-11)16-14-17-12-5-4-10(15)8-13(12)19-14/h2-6,8-9H,7,15H2,1H3,(H,16,17). The average molecular weight is 289 g/mol. The van der Waals surface area contributed by atoms with E-state index < -0.39 is 0 Å². The lowest BCUT2D eigenvalue weighted by molar-refractivity contribution is 0.799. The van der Waals surface area contributed by atoms with Crippen LogP contribution in [0.5, 0.6) is 0 Å². The molecule has 0 aliphatic rings. The molecule has 3 rings (SSSR count). The fourth-order valence-electron chi connectivity index (χ4n) is 2.00. The maximum atomic E-state index is 5.78. The summed E-state index contributed by atoms with van der Waals surface area (Å²) in [5.41, 5.74) is 7.58. The van der Waals surface area contributed by atoms with Gasteiger partial charge in [0, 0.05) is 23.0 Å². The summed E-state index contributed by atoms with van der Waals surface area (Å²) in [4.78, 5) is 5.97. The van der Waals surface area contributed by atoms with Crippen molar-refractivity contribution in [1.82, 2.24) is 4.98 Å². The number of rotatable bonds is 4. The largest absolute Gasteiger partial charge is 0.399 e. The first-order valence-corrected chi connectivity index (χ1v) is 7.85. The Hall–Kier alpha value is -1.59. The van der Waals surface area contributed by atoms with Gasteiger partial charge in [0.2, 0.25) is 0 Å². The van der Waals surface area contributed by atoms with Crippen molar-refractivity contribution in [3.8, 4) is 0 Å². The number of fused-ring (bicyclic) bond motifs is 1. The van der Waals surface area contributed by atoms with Crippen LogP contribution >= 0.6 is 22.7 Å². The number of nitrogens with one attached hydrogen (secondary N) is 1. The molecule has 0 radical (unpaired) electrons. The molecular weight excluding hydrogens is 274 g/mol. The Kier molecular flexibility index (Phi) is 3.40. The van der Waals surface area contributed by atoms with Crippen LogP contribution in [0, 0.1) is 0 Å². The third kappa shape index (κ3) is 2.88. The fourth-order valence-corrected chi connectivity index (χ4v) is 3.86. The highest BCUT2D eigenvalue weighted by molar-refractivity contribution is 7.22. The molecule has 0 fully saturated rings. The van der Waals surface area contributed by atoms with Crippen LogP contribution in [0.1, 0.15) is 11.8 Å². The lowest BCUT2D eigenvalue weighted by atomic mass is 10.2. The van der Waals surface area contributed by atoms with E-state index in [9.17, 15) is 0 Å². The van der Waals surface area contributed by atoms with Crippen LogP contribution in [0.15, 0.2) is 35.7 Å². The van der Waals surface area contributed by atoms with Gasteiger partial charge in [0.05, 0.1) is 10.2 Å². The van der Waals surface area contributed by atoms with Crippen LogP contribution < -0.4 is 11.1 Å². The van der Waals surface area contributed by atoms with E-state index in [1.807, 2.05) is 18.2 Å². The first kappa shape index (κ1) is 12.4. The Balaban J connectivity index is 1.74. The van der Waals surface area contributed by atoms with E-state index in [1.165, 1.54) is 4.88 Å². The van der Waals surface area contributed by atoms with Crippen LogP contribution in [0.4, 0.5) is 10.8 Å². The molecule has 0 aliphatic heterocycles. The second-order valence-corrected chi connectivity index (χ2v) is 6.64. The summed E-state index contributed by atoms with van der Waals surface area (Å²) in [6.45, 7) is 2.18. The number of nitrogens with two attached hydrogens (primary N) is 1. The van der Waals surface area contributed by atoms with Gasteiger partial charge in [0.1, 0.15) is 0 Å². The molecule has 2 aromatic heterocycles. The van der Waals surface area contributed by atoms with E-state index in [-0.39, 0.29) is 0 Å². The molecule has 2 heterocycles. The molecular formula is C14H15N3S2. The summed E-state index contributed by atoms with van der Waals surface area (Å²) < 4.78 is 1.13. The van der Waals surface area contributed by atoms with Crippen LogP contribution in [0.25, 0.3) is 10.2 Å². The summed E-state index contributed by atoms with van der Waals surface area (Å²) >= 11 is 3.45. The molecule has 3 aromatic rings. The van der Waals surface area contributed by atoms with E-state index in [0.717, 1.165) is 27.5 Å². The number of nitrogens with zero attached hydrogens (tertiary/aromatic N) is 1. The minimum absolute atomic E-state index is 0.372. The van der Waals surface area contributed by atoms with Crippen LogP contribution in [0.2, 0.25) is 0 Å². The zero-order valence-electron chi connectivity index (χ0n) is 10.6. The molecule has 0 saturated carbocycles. The number of hydrogen-bond donors (Lipinski definition) is 2. The number of hydrogen-bond acceptors (Lipinski definition) is 5. The van der Waals surface area contributed by atoms with Crippen LogP contribution in [-0.4, -0.2) is 11.0 Å². The number of benzene rings is 1. The highest BCUT2D eigenvalue weighted by Gasteiger charge is 2.08. The second kappa shape index (κ2) is 5.19. The summed E-state index contributed by atoms with van der Waals surface area (Å²) in [5.74, 6) is 0. The predicted octanol–water partition coefficient (Wildman–Crippen LogP) is 3.98. The van der Waals surface area contributed by atoms with Crippen molar-refractivity contribution in [2.75, 3.05) is 11.1 Å². The molecule has 0 saturated heterocycles. The van der Waals surface area contributed by atoms with Gasteiger partial charge in [-0.05, 0) is 36.6 Å². The summed E-state index contributed by atoms with van der Waals surface area (Å²) in [7, 11) is 0. The molecule has 0 aliphatic carbocycles. The molecule has 0 amide bonds. The van der Waals surface area contributed by atoms with Crippen molar-refractivity contribution < 1.29 is 0 Å². The molecule has 3 N–H and O–H groups in total. The molecule has 98 valence electrons. The van der Waals surface area contributed by atoms with Gasteiger partial charge in [-0.3, -0.25) is 0 Å². The zero-order chi connectivity index (χ0) is 13.2. The minimum atomic E-state index is 0.372. The Morgan fingerprint density at radius 2 is 2.26 bits per heavy atom. The van der Waals surface area contributed by atoms with Crippen molar-refractivity contribution >= 4 is 43.7 Å². The van der Waals surface area contributed by atoms with E-state index in [0.29, 0.717) is 6.04 Å². The lowest BCUT2D eigenvalue weighted by Gasteiger charge is -2.11. The molecule has 1 atom stereocenters. The maximum absolute atomic E-state index is 5.78. The van der Waals surface area contributed by atoms with Crippen molar-refractivity contribution in [1.29, 1.82) is 0 Å². The Morgan fingerprint density at radius 3 is 3.05 bits per heavy atom. The topological polar surface area (TPSA) is 50.9 Å². The number of nitrogen functional groups attached to an aromatic ring is 1. The van der Waals surface area contributed by atoms with Crippen LogP contribution in [-0.2, 0) is 6.42 Å². The fraction of sp³-hybridized carbons (Fsp3) is 0.214. The molecule has 1 unspecified atom stereocenters. The zero-order valence-corrected chi connectivity index (χ0v) is 12.2. The first-order chi connectivity index (χ1) is 9.20. The number of thiazole rings is 1. The Labute approximate surface area is 120 Å². The smallest absolute Gasteiger partial charge is 0.184 e. The highest BCUT2D eigenvalue weighted by atomic mass is 32.1. The van der Waals surface area contributed by atoms with Crippen molar-refractivity contribution in [2.45, 2.75) is 19.4 Å². The van der Waals surface area contributed by atoms with Gasteiger partial charge in [0.15, 0.2) is 5.13 Å². The van der Waals surface area contributed by atoms with Crippen molar-refractivity contribution in [3.05, 3.63) is 40.6 Å². The van der Waals surface area contributed by atoms with Gasteiger partial charge in [-0.1, -0.05) is 17.4 Å². The number of anilines is 2. The minimum Gasteiger partial charge on any atom is -0.399 e. The molecule has 19 heavy (non-hydrogen) atoms. The Bertz CT molecular complexity index is 673. The SMILES string of the molecule is CC(Cc1cccs1)Nc1nc2ccc(N)cc2s1. The van der Waals surface area contributed by atoms with E-state index in [2.05, 4.69) is 34.7 Å². The first-order valence-electron chi connectivity index (χ1n) is 6.16. The highest BCUT2D eigenvalue weighted by Crippen LogP contribution is 2.28. The summed E-state index contributed by atoms with van der Waals surface area (Å²) in [6, 6.07) is 10.5. The van der Waals surface area contributed by atoms with Gasteiger partial charge >= 0.3 is 0 Å². The predicted molar refractivity (Wildman–Crippen MR) is 85.1 cm³/mol. The molecule has 0 spiro atoms. The third-order valence-electron chi connectivity index (χ3n) is 2.87. The third-order valence-corrected chi connectivity index (χ3v) is 4.72. The van der Waals surface area contributed by atoms with E-state index in [1.54, 1.807) is 22.7 Å². The monoisotopic (exact) mass is 289 g/mol. The van der Waals surface area contributed by atoms with Crippen LogP contribution in [0.3, 0.4) is 0 Å². The molecule has 0 bridgehead atoms. The molecule has 5 heteroatoms. The van der Waals surface area contributed by atoms with Gasteiger partial charge in [-0.25, -0.2) is 4.98 Å². The Morgan fingerprint density at radius 1 is 1.37 bits per heavy atom. The summed E-state index contributed by atoms with van der Waals surface area (Å²) in [5, 5.41) is 6.54. The molecule has 3 nitrogen and oxygen atoms in total. The number of thiophene rings is 1. The van der Waals surface area contributed by atoms with Crippen molar-refractivity contribution in [3.63, 3.8) is 0 Å². The maximum Gasteiger partial charge on any atom is 0.184 e. The van der Waals surface area contributed by atoms with Crippen molar-refractivity contribution in [2.24, 2.45) is 0 Å². The molecule has 1 aromatic carbocycles. The van der Waals surface area contributed by atoms with Gasteiger partial charge in [-0.2, -0.15) is 0 Å². The van der Waals surface area contributed by atoms with Gasteiger partial charge in [0.25, 0.3) is 0 Å².